The molecule has 0 aromatic rings. The van der Waals surface area contributed by atoms with Crippen molar-refractivity contribution < 1.29 is 28.6 Å². The lowest BCUT2D eigenvalue weighted by molar-refractivity contribution is -0.166. The summed E-state index contributed by atoms with van der Waals surface area (Å²) in [5, 5.41) is 0. The Kier molecular flexibility index (Phi) is 47.6. The van der Waals surface area contributed by atoms with Gasteiger partial charge in [-0.3, -0.25) is 14.4 Å². The Morgan fingerprint density at radius 1 is 0.328 bits per heavy atom. The maximum Gasteiger partial charge on any atom is 0.306 e. The molecule has 0 aromatic heterocycles. The first-order valence-corrected chi connectivity index (χ1v) is 25.2. The summed E-state index contributed by atoms with van der Waals surface area (Å²) in [4.78, 5) is 37.8. The van der Waals surface area contributed by atoms with E-state index in [9.17, 15) is 14.4 Å². The first-order valence-electron chi connectivity index (χ1n) is 25.2. The van der Waals surface area contributed by atoms with Crippen molar-refractivity contribution in [3.63, 3.8) is 0 Å². The van der Waals surface area contributed by atoms with Crippen molar-refractivity contribution in [3.05, 3.63) is 134 Å². The van der Waals surface area contributed by atoms with Crippen LogP contribution in [0, 0.1) is 0 Å². The summed E-state index contributed by atoms with van der Waals surface area (Å²) in [6, 6.07) is 0. The maximum atomic E-state index is 12.8. The number of allylic oxidation sites excluding steroid dienone is 22. The van der Waals surface area contributed by atoms with Gasteiger partial charge in [0.1, 0.15) is 13.2 Å². The fourth-order valence-corrected chi connectivity index (χ4v) is 6.20. The fraction of sp³-hybridized carbons (Fsp3) is 0.569. The molecule has 0 fully saturated rings. The minimum Gasteiger partial charge on any atom is -0.462 e. The van der Waals surface area contributed by atoms with Crippen LogP contribution >= 0.6 is 0 Å². The fourth-order valence-electron chi connectivity index (χ4n) is 6.20. The normalized spacial score (nSPS) is 13.2. The van der Waals surface area contributed by atoms with Crippen molar-refractivity contribution in [1.29, 1.82) is 0 Å². The number of unbranched alkanes of at least 4 members (excludes halogenated alkanes) is 10. The second-order valence-electron chi connectivity index (χ2n) is 16.0. The van der Waals surface area contributed by atoms with Crippen molar-refractivity contribution in [1.82, 2.24) is 0 Å². The second kappa shape index (κ2) is 51.2. The first-order chi connectivity index (χ1) is 31.5. The molecular formula is C58H90O6. The predicted molar refractivity (Wildman–Crippen MR) is 274 cm³/mol. The second-order valence-corrected chi connectivity index (χ2v) is 16.0. The first kappa shape index (κ1) is 59.5. The molecule has 0 aliphatic heterocycles. The molecule has 6 heteroatoms. The molecule has 0 spiro atoms. The van der Waals surface area contributed by atoms with E-state index in [2.05, 4.69) is 142 Å². The third-order valence-electron chi connectivity index (χ3n) is 9.91. The standard InChI is InChI=1S/C58H90O6/c1-4-7-10-13-16-19-21-23-25-27-29-31-33-35-37-39-42-45-48-51-57(60)63-54-55(53-62-56(59)50-47-44-41-18-15-12-9-6-3)64-58(61)52-49-46-43-40-38-36-34-32-30-28-26-24-22-20-17-14-11-8-5-2/h7-8,10-11,16-17,19-20,23-26,29-32,35-38,42,45,55H,4-6,9,12-15,18,21-22,27-28,33-34,39-41,43-44,46-54H2,1-3H3/b10-7-,11-8-,19-16-,20-17-,25-23-,26-24-,31-29-,32-30-,37-35-,38-36-,45-42-. The number of hydrogen-bond acceptors (Lipinski definition) is 6. The van der Waals surface area contributed by atoms with E-state index < -0.39 is 6.10 Å². The summed E-state index contributed by atoms with van der Waals surface area (Å²) in [5.41, 5.74) is 0. The number of hydrogen-bond donors (Lipinski definition) is 0. The summed E-state index contributed by atoms with van der Waals surface area (Å²) >= 11 is 0. The van der Waals surface area contributed by atoms with Gasteiger partial charge in [0.2, 0.25) is 0 Å². The summed E-state index contributed by atoms with van der Waals surface area (Å²) < 4.78 is 16.6. The van der Waals surface area contributed by atoms with Crippen LogP contribution in [0.1, 0.15) is 194 Å². The molecule has 1 atom stereocenters. The number of carbonyl (C=O) groups excluding carboxylic acids is 3. The molecule has 0 saturated carbocycles. The van der Waals surface area contributed by atoms with E-state index in [0.717, 1.165) is 109 Å². The predicted octanol–water partition coefficient (Wildman–Crippen LogP) is 16.7. The van der Waals surface area contributed by atoms with E-state index in [1.807, 2.05) is 12.2 Å². The number of ether oxygens (including phenoxy) is 3. The molecule has 0 radical (unpaired) electrons. The van der Waals surface area contributed by atoms with Gasteiger partial charge in [0.25, 0.3) is 0 Å². The van der Waals surface area contributed by atoms with Crippen molar-refractivity contribution in [3.8, 4) is 0 Å². The highest BCUT2D eigenvalue weighted by Gasteiger charge is 2.19. The van der Waals surface area contributed by atoms with Gasteiger partial charge in [0.05, 0.1) is 0 Å². The van der Waals surface area contributed by atoms with Crippen LogP contribution in [0.5, 0.6) is 0 Å². The third-order valence-corrected chi connectivity index (χ3v) is 9.91. The zero-order chi connectivity index (χ0) is 46.5. The summed E-state index contributed by atoms with van der Waals surface area (Å²) in [6.07, 6.45) is 71.7. The summed E-state index contributed by atoms with van der Waals surface area (Å²) in [5.74, 6) is -1.06. The molecule has 1 unspecified atom stereocenters. The SMILES string of the molecule is CC/C=C\C/C=C\C/C=C\C/C=C\C/C=C\C/C=C\CCC(=O)OCC(COC(=O)CCCCCCCCCC)OC(=O)CCCCC/C=C\C/C=C\C/C=C\C/C=C\C/C=C\CC. The molecular weight excluding hydrogens is 793 g/mol. The monoisotopic (exact) mass is 883 g/mol. The molecule has 6 nitrogen and oxygen atoms in total. The van der Waals surface area contributed by atoms with Crippen molar-refractivity contribution in [2.45, 2.75) is 200 Å². The van der Waals surface area contributed by atoms with Crippen LogP contribution in [0.3, 0.4) is 0 Å². The van der Waals surface area contributed by atoms with Gasteiger partial charge in [0, 0.05) is 19.3 Å². The molecule has 0 N–H and O–H groups in total. The van der Waals surface area contributed by atoms with Crippen LogP contribution < -0.4 is 0 Å². The molecule has 0 aliphatic carbocycles. The molecule has 0 bridgehead atoms. The number of carbonyl (C=O) groups is 3. The molecule has 0 aromatic carbocycles. The van der Waals surface area contributed by atoms with Crippen LogP contribution in [-0.2, 0) is 28.6 Å². The molecule has 0 rings (SSSR count). The Labute approximate surface area is 392 Å². The highest BCUT2D eigenvalue weighted by molar-refractivity contribution is 5.71. The van der Waals surface area contributed by atoms with Crippen molar-refractivity contribution in [2.75, 3.05) is 13.2 Å². The summed E-state index contributed by atoms with van der Waals surface area (Å²) in [7, 11) is 0. The quantitative estimate of drug-likeness (QED) is 0.0263. The Balaban J connectivity index is 4.52. The Morgan fingerprint density at radius 3 is 1.05 bits per heavy atom. The van der Waals surface area contributed by atoms with Gasteiger partial charge in [-0.1, -0.05) is 206 Å². The number of rotatable bonds is 43. The van der Waals surface area contributed by atoms with Crippen LogP contribution in [0.2, 0.25) is 0 Å². The van der Waals surface area contributed by atoms with Gasteiger partial charge in [-0.15, -0.1) is 0 Å². The van der Waals surface area contributed by atoms with Crippen LogP contribution in [-0.4, -0.2) is 37.2 Å². The van der Waals surface area contributed by atoms with E-state index in [1.165, 1.54) is 32.1 Å². The van der Waals surface area contributed by atoms with Gasteiger partial charge < -0.3 is 14.2 Å². The number of esters is 3. The minimum absolute atomic E-state index is 0.119. The van der Waals surface area contributed by atoms with Gasteiger partial charge in [-0.25, -0.2) is 0 Å². The molecule has 0 aliphatic rings. The van der Waals surface area contributed by atoms with Gasteiger partial charge >= 0.3 is 17.9 Å². The van der Waals surface area contributed by atoms with Gasteiger partial charge in [-0.05, 0) is 103 Å². The zero-order valence-electron chi connectivity index (χ0n) is 40.7. The maximum absolute atomic E-state index is 12.8. The van der Waals surface area contributed by atoms with E-state index in [0.29, 0.717) is 19.3 Å². The largest absolute Gasteiger partial charge is 0.462 e. The minimum atomic E-state index is -0.828. The Bertz CT molecular complexity index is 1430. The van der Waals surface area contributed by atoms with E-state index >= 15 is 0 Å². The molecule has 0 heterocycles. The van der Waals surface area contributed by atoms with Crippen LogP contribution in [0.15, 0.2) is 134 Å². The van der Waals surface area contributed by atoms with Gasteiger partial charge in [0.15, 0.2) is 6.10 Å². The van der Waals surface area contributed by atoms with Gasteiger partial charge in [-0.2, -0.15) is 0 Å². The topological polar surface area (TPSA) is 78.9 Å². The van der Waals surface area contributed by atoms with Crippen molar-refractivity contribution in [2.24, 2.45) is 0 Å². The van der Waals surface area contributed by atoms with E-state index in [4.69, 9.17) is 14.2 Å². The van der Waals surface area contributed by atoms with E-state index in [-0.39, 0.29) is 44.0 Å². The average molecular weight is 883 g/mol. The van der Waals surface area contributed by atoms with Crippen molar-refractivity contribution >= 4 is 17.9 Å². The lowest BCUT2D eigenvalue weighted by atomic mass is 10.1. The third kappa shape index (κ3) is 48.6. The lowest BCUT2D eigenvalue weighted by Crippen LogP contribution is -2.30. The molecule has 64 heavy (non-hydrogen) atoms. The van der Waals surface area contributed by atoms with Crippen LogP contribution in [0.4, 0.5) is 0 Å². The smallest absolute Gasteiger partial charge is 0.306 e. The molecule has 0 saturated heterocycles. The Morgan fingerprint density at radius 2 is 0.641 bits per heavy atom. The summed E-state index contributed by atoms with van der Waals surface area (Å²) in [6.45, 7) is 6.26. The molecule has 0 amide bonds. The molecule has 358 valence electrons. The Hall–Kier alpha value is -4.45. The zero-order valence-corrected chi connectivity index (χ0v) is 40.7. The highest BCUT2D eigenvalue weighted by Crippen LogP contribution is 2.12. The van der Waals surface area contributed by atoms with E-state index in [1.54, 1.807) is 0 Å². The van der Waals surface area contributed by atoms with Crippen LogP contribution in [0.25, 0.3) is 0 Å². The average Bonchev–Trinajstić information content (AvgIpc) is 3.29. The lowest BCUT2D eigenvalue weighted by Gasteiger charge is -2.18. The highest BCUT2D eigenvalue weighted by atomic mass is 16.6.